The number of halogens is 1. The first-order valence-corrected chi connectivity index (χ1v) is 6.92. The monoisotopic (exact) mass is 281 g/mol. The minimum absolute atomic E-state index is 0.148. The fourth-order valence-electron chi connectivity index (χ4n) is 1.52. The highest BCUT2D eigenvalue weighted by Crippen LogP contribution is 2.19. The van der Waals surface area contributed by atoms with Crippen LogP contribution in [0.2, 0.25) is 0 Å². The lowest BCUT2D eigenvalue weighted by atomic mass is 10.2. The van der Waals surface area contributed by atoms with Crippen LogP contribution < -0.4 is 10.5 Å². The molecule has 0 atom stereocenters. The van der Waals surface area contributed by atoms with Gasteiger partial charge in [-0.2, -0.15) is 0 Å². The van der Waals surface area contributed by atoms with E-state index in [9.17, 15) is 12.8 Å². The van der Waals surface area contributed by atoms with E-state index in [2.05, 4.69) is 9.71 Å². The second-order valence-electron chi connectivity index (χ2n) is 3.81. The third-order valence-corrected chi connectivity index (χ3v) is 3.87. The molecule has 1 aromatic carbocycles. The average Bonchev–Trinajstić information content (AvgIpc) is 2.38. The maximum absolute atomic E-state index is 13.7. The molecule has 0 saturated heterocycles. The first-order chi connectivity index (χ1) is 9.03. The number of hydrogen-bond donors (Lipinski definition) is 2. The molecule has 0 radical (unpaired) electrons. The Labute approximate surface area is 110 Å². The third-order valence-electron chi connectivity index (χ3n) is 2.45. The van der Waals surface area contributed by atoms with Gasteiger partial charge in [-0.3, -0.25) is 9.71 Å². The van der Waals surface area contributed by atoms with Crippen LogP contribution in [-0.2, 0) is 16.6 Å². The van der Waals surface area contributed by atoms with Gasteiger partial charge in [-0.15, -0.1) is 0 Å². The molecule has 2 aromatic rings. The van der Waals surface area contributed by atoms with Gasteiger partial charge < -0.3 is 5.73 Å². The molecule has 5 nitrogen and oxygen atoms in total. The zero-order valence-corrected chi connectivity index (χ0v) is 10.7. The summed E-state index contributed by atoms with van der Waals surface area (Å²) in [5.74, 6) is -0.829. The quantitative estimate of drug-likeness (QED) is 0.889. The van der Waals surface area contributed by atoms with Crippen LogP contribution in [0.3, 0.4) is 0 Å². The first-order valence-electron chi connectivity index (χ1n) is 5.44. The fraction of sp³-hybridized carbons (Fsp3) is 0.0833. The van der Waals surface area contributed by atoms with Gasteiger partial charge in [0.25, 0.3) is 10.0 Å². The minimum Gasteiger partial charge on any atom is -0.326 e. The summed E-state index contributed by atoms with van der Waals surface area (Å²) in [4.78, 5) is 3.35. The van der Waals surface area contributed by atoms with E-state index < -0.39 is 20.7 Å². The summed E-state index contributed by atoms with van der Waals surface area (Å²) in [7, 11) is -3.96. The molecule has 0 fully saturated rings. The van der Waals surface area contributed by atoms with Crippen LogP contribution in [0.5, 0.6) is 0 Å². The Hall–Kier alpha value is -1.99. The molecule has 1 heterocycles. The van der Waals surface area contributed by atoms with Gasteiger partial charge in [-0.05, 0) is 29.8 Å². The predicted octanol–water partition coefficient (Wildman–Crippen LogP) is 1.48. The molecule has 0 spiro atoms. The Kier molecular flexibility index (Phi) is 3.77. The number of nitrogens with zero attached hydrogens (tertiary/aromatic N) is 1. The lowest BCUT2D eigenvalue weighted by Crippen LogP contribution is -2.15. The topological polar surface area (TPSA) is 85.1 Å². The van der Waals surface area contributed by atoms with Crippen LogP contribution in [0.1, 0.15) is 5.56 Å². The molecule has 19 heavy (non-hydrogen) atoms. The number of hydrogen-bond acceptors (Lipinski definition) is 4. The molecule has 0 saturated carbocycles. The molecule has 1 aromatic heterocycles. The fourth-order valence-corrected chi connectivity index (χ4v) is 2.64. The molecular weight excluding hydrogens is 269 g/mol. The minimum atomic E-state index is -3.96. The summed E-state index contributed by atoms with van der Waals surface area (Å²) in [6, 6.07) is 6.74. The highest BCUT2D eigenvalue weighted by molar-refractivity contribution is 7.92. The molecule has 0 aliphatic carbocycles. The normalized spacial score (nSPS) is 11.3. The highest BCUT2D eigenvalue weighted by Gasteiger charge is 2.19. The van der Waals surface area contributed by atoms with E-state index >= 15 is 0 Å². The maximum Gasteiger partial charge on any atom is 0.264 e. The molecule has 100 valence electrons. The van der Waals surface area contributed by atoms with Crippen molar-refractivity contribution in [1.29, 1.82) is 0 Å². The summed E-state index contributed by atoms with van der Waals surface area (Å²) in [5, 5.41) is 0. The molecule has 2 rings (SSSR count). The van der Waals surface area contributed by atoms with E-state index in [1.165, 1.54) is 36.7 Å². The van der Waals surface area contributed by atoms with Crippen LogP contribution in [0, 0.1) is 5.82 Å². The van der Waals surface area contributed by atoms with E-state index in [-0.39, 0.29) is 6.54 Å². The molecule has 3 N–H and O–H groups in total. The van der Waals surface area contributed by atoms with E-state index in [4.69, 9.17) is 5.73 Å². The molecule has 0 amide bonds. The number of benzene rings is 1. The van der Waals surface area contributed by atoms with Crippen molar-refractivity contribution < 1.29 is 12.8 Å². The second-order valence-corrected chi connectivity index (χ2v) is 5.46. The van der Waals surface area contributed by atoms with Gasteiger partial charge in [0.1, 0.15) is 10.7 Å². The number of anilines is 1. The number of aromatic nitrogens is 1. The number of pyridine rings is 1. The van der Waals surface area contributed by atoms with Gasteiger partial charge in [0, 0.05) is 18.9 Å². The standard InChI is InChI=1S/C12H12FN3O2S/c13-11-7-9(8-14)1-2-12(11)19(17,18)16-10-3-5-15-6-4-10/h1-7H,8,14H2,(H,15,16). The smallest absolute Gasteiger partial charge is 0.264 e. The largest absolute Gasteiger partial charge is 0.326 e. The Morgan fingerprint density at radius 1 is 1.21 bits per heavy atom. The summed E-state index contributed by atoms with van der Waals surface area (Å²) >= 11 is 0. The zero-order valence-electron chi connectivity index (χ0n) is 9.88. The van der Waals surface area contributed by atoms with Crippen molar-refractivity contribution in [3.8, 4) is 0 Å². The van der Waals surface area contributed by atoms with Crippen LogP contribution in [0.15, 0.2) is 47.6 Å². The SMILES string of the molecule is NCc1ccc(S(=O)(=O)Nc2ccncc2)c(F)c1. The summed E-state index contributed by atoms with van der Waals surface area (Å²) in [5.41, 5.74) is 6.21. The highest BCUT2D eigenvalue weighted by atomic mass is 32.2. The Bertz CT molecular complexity index is 675. The lowest BCUT2D eigenvalue weighted by Gasteiger charge is -2.09. The van der Waals surface area contributed by atoms with E-state index in [1.807, 2.05) is 0 Å². The van der Waals surface area contributed by atoms with Crippen LogP contribution in [0.25, 0.3) is 0 Å². The lowest BCUT2D eigenvalue weighted by molar-refractivity contribution is 0.569. The van der Waals surface area contributed by atoms with Gasteiger partial charge in [0.05, 0.1) is 5.69 Å². The summed E-state index contributed by atoms with van der Waals surface area (Å²) in [6.45, 7) is 0.148. The zero-order chi connectivity index (χ0) is 13.9. The van der Waals surface area contributed by atoms with Gasteiger partial charge in [0.2, 0.25) is 0 Å². The Morgan fingerprint density at radius 3 is 2.47 bits per heavy atom. The van der Waals surface area contributed by atoms with Crippen LogP contribution in [0.4, 0.5) is 10.1 Å². The van der Waals surface area contributed by atoms with Gasteiger partial charge in [-0.25, -0.2) is 12.8 Å². The summed E-state index contributed by atoms with van der Waals surface area (Å²) < 4.78 is 40.1. The van der Waals surface area contributed by atoms with Crippen molar-refractivity contribution in [2.45, 2.75) is 11.4 Å². The van der Waals surface area contributed by atoms with Crippen molar-refractivity contribution in [1.82, 2.24) is 4.98 Å². The van der Waals surface area contributed by atoms with E-state index in [1.54, 1.807) is 0 Å². The molecular formula is C12H12FN3O2S. The summed E-state index contributed by atoms with van der Waals surface area (Å²) in [6.07, 6.45) is 2.87. The van der Waals surface area contributed by atoms with Gasteiger partial charge in [-0.1, -0.05) is 6.07 Å². The Morgan fingerprint density at radius 2 is 1.89 bits per heavy atom. The third kappa shape index (κ3) is 3.07. The van der Waals surface area contributed by atoms with E-state index in [0.717, 1.165) is 6.07 Å². The van der Waals surface area contributed by atoms with E-state index in [0.29, 0.717) is 11.3 Å². The Balaban J connectivity index is 2.35. The van der Waals surface area contributed by atoms with Crippen molar-refractivity contribution >= 4 is 15.7 Å². The van der Waals surface area contributed by atoms with Crippen LogP contribution >= 0.6 is 0 Å². The number of rotatable bonds is 4. The molecule has 0 aliphatic rings. The molecule has 0 bridgehead atoms. The second kappa shape index (κ2) is 5.33. The molecule has 0 unspecified atom stereocenters. The van der Waals surface area contributed by atoms with Crippen LogP contribution in [-0.4, -0.2) is 13.4 Å². The molecule has 7 heteroatoms. The molecule has 0 aliphatic heterocycles. The van der Waals surface area contributed by atoms with Crippen molar-refractivity contribution in [3.63, 3.8) is 0 Å². The van der Waals surface area contributed by atoms with Crippen molar-refractivity contribution in [2.24, 2.45) is 5.73 Å². The number of nitrogens with two attached hydrogens (primary N) is 1. The van der Waals surface area contributed by atoms with Crippen molar-refractivity contribution in [2.75, 3.05) is 4.72 Å². The van der Waals surface area contributed by atoms with Gasteiger partial charge >= 0.3 is 0 Å². The first kappa shape index (κ1) is 13.4. The predicted molar refractivity (Wildman–Crippen MR) is 69.3 cm³/mol. The number of sulfonamides is 1. The van der Waals surface area contributed by atoms with Crippen molar-refractivity contribution in [3.05, 3.63) is 54.1 Å². The average molecular weight is 281 g/mol. The number of nitrogens with one attached hydrogen (secondary N) is 1. The maximum atomic E-state index is 13.7. The van der Waals surface area contributed by atoms with Gasteiger partial charge in [0.15, 0.2) is 0 Å².